The third-order valence-electron chi connectivity index (χ3n) is 4.66. The van der Waals surface area contributed by atoms with Crippen LogP contribution < -0.4 is 20.7 Å². The monoisotopic (exact) mass is 446 g/mol. The Morgan fingerprint density at radius 3 is 2.12 bits per heavy atom. The molecule has 0 saturated heterocycles. The summed E-state index contributed by atoms with van der Waals surface area (Å²) in [6.45, 7) is -0.0130. The smallest absolute Gasteiger partial charge is 0.257 e. The molecule has 3 amide bonds. The molecular weight excluding hydrogens is 420 g/mol. The summed E-state index contributed by atoms with van der Waals surface area (Å²) >= 11 is 0. The first-order chi connectivity index (χ1) is 15.9. The number of anilines is 3. The highest BCUT2D eigenvalue weighted by atomic mass is 16.5. The molecule has 3 aromatic carbocycles. The number of methoxy groups -OCH3 is 1. The van der Waals surface area contributed by atoms with E-state index in [2.05, 4.69) is 16.0 Å². The summed E-state index contributed by atoms with van der Waals surface area (Å²) < 4.78 is 5.14. The molecule has 8 heteroatoms. The SMILES string of the molecule is COc1cccc(NC(=O)CN(C)CC(=O)Nc2ccccc2C(=O)Nc2ccccc2)c1. The molecule has 0 bridgehead atoms. The first-order valence-electron chi connectivity index (χ1n) is 10.3. The van der Waals surface area contributed by atoms with Crippen LogP contribution in [0.4, 0.5) is 17.1 Å². The first-order valence-corrected chi connectivity index (χ1v) is 10.3. The number of rotatable bonds is 9. The molecule has 3 rings (SSSR count). The Labute approximate surface area is 192 Å². The van der Waals surface area contributed by atoms with Crippen molar-refractivity contribution in [1.82, 2.24) is 4.90 Å². The van der Waals surface area contributed by atoms with Crippen LogP contribution >= 0.6 is 0 Å². The molecule has 0 heterocycles. The van der Waals surface area contributed by atoms with Gasteiger partial charge in [-0.05, 0) is 43.4 Å². The fraction of sp³-hybridized carbons (Fsp3) is 0.160. The molecule has 3 aromatic rings. The second-order valence-electron chi connectivity index (χ2n) is 7.37. The number of hydrogen-bond donors (Lipinski definition) is 3. The van der Waals surface area contributed by atoms with Crippen molar-refractivity contribution in [3.8, 4) is 5.75 Å². The number of nitrogens with one attached hydrogen (secondary N) is 3. The number of ether oxygens (including phenoxy) is 1. The van der Waals surface area contributed by atoms with Crippen LogP contribution in [0.1, 0.15) is 10.4 Å². The van der Waals surface area contributed by atoms with Crippen LogP contribution in [-0.4, -0.2) is 49.9 Å². The van der Waals surface area contributed by atoms with Gasteiger partial charge >= 0.3 is 0 Å². The number of benzene rings is 3. The number of likely N-dealkylation sites (N-methyl/N-ethyl adjacent to an activating group) is 1. The van der Waals surface area contributed by atoms with E-state index in [0.717, 1.165) is 0 Å². The lowest BCUT2D eigenvalue weighted by Crippen LogP contribution is -2.36. The van der Waals surface area contributed by atoms with Crippen molar-refractivity contribution in [1.29, 1.82) is 0 Å². The Bertz CT molecular complexity index is 1120. The maximum Gasteiger partial charge on any atom is 0.257 e. The molecule has 0 spiro atoms. The number of hydrogen-bond acceptors (Lipinski definition) is 5. The lowest BCUT2D eigenvalue weighted by Gasteiger charge is -2.17. The van der Waals surface area contributed by atoms with Crippen molar-refractivity contribution in [3.05, 3.63) is 84.4 Å². The molecule has 0 radical (unpaired) electrons. The standard InChI is InChI=1S/C25H26N4O4/c1-29(16-23(30)26-19-11-8-12-20(15-19)33-2)17-24(31)28-22-14-7-6-13-21(22)25(32)27-18-9-4-3-5-10-18/h3-15H,16-17H2,1-2H3,(H,26,30)(H,27,32)(H,28,31). The van der Waals surface area contributed by atoms with Crippen molar-refractivity contribution < 1.29 is 19.1 Å². The van der Waals surface area contributed by atoms with E-state index in [9.17, 15) is 14.4 Å². The first kappa shape index (κ1) is 23.5. The summed E-state index contributed by atoms with van der Waals surface area (Å²) in [5.74, 6) is -0.300. The molecule has 0 unspecified atom stereocenters. The van der Waals surface area contributed by atoms with E-state index >= 15 is 0 Å². The average Bonchev–Trinajstić information content (AvgIpc) is 2.79. The minimum Gasteiger partial charge on any atom is -0.497 e. The number of nitrogens with zero attached hydrogens (tertiary/aromatic N) is 1. The summed E-state index contributed by atoms with van der Waals surface area (Å²) in [5, 5.41) is 8.34. The van der Waals surface area contributed by atoms with Crippen LogP contribution in [0.25, 0.3) is 0 Å². The normalized spacial score (nSPS) is 10.4. The van der Waals surface area contributed by atoms with E-state index in [1.165, 1.54) is 0 Å². The van der Waals surface area contributed by atoms with Gasteiger partial charge < -0.3 is 20.7 Å². The highest BCUT2D eigenvalue weighted by Crippen LogP contribution is 2.18. The predicted octanol–water partition coefficient (Wildman–Crippen LogP) is 3.46. The van der Waals surface area contributed by atoms with Crippen LogP contribution in [-0.2, 0) is 9.59 Å². The van der Waals surface area contributed by atoms with E-state index in [1.54, 1.807) is 79.7 Å². The van der Waals surface area contributed by atoms with Gasteiger partial charge in [-0.25, -0.2) is 0 Å². The summed E-state index contributed by atoms with van der Waals surface area (Å²) in [4.78, 5) is 39.1. The summed E-state index contributed by atoms with van der Waals surface area (Å²) in [7, 11) is 3.22. The van der Waals surface area contributed by atoms with Gasteiger partial charge in [0.1, 0.15) is 5.75 Å². The van der Waals surface area contributed by atoms with Gasteiger partial charge in [0.25, 0.3) is 5.91 Å². The van der Waals surface area contributed by atoms with Gasteiger partial charge in [-0.3, -0.25) is 19.3 Å². The maximum absolute atomic E-state index is 12.7. The van der Waals surface area contributed by atoms with Crippen molar-refractivity contribution >= 4 is 34.8 Å². The molecule has 0 aliphatic carbocycles. The average molecular weight is 447 g/mol. The molecule has 0 atom stereocenters. The molecule has 33 heavy (non-hydrogen) atoms. The van der Waals surface area contributed by atoms with Crippen molar-refractivity contribution in [3.63, 3.8) is 0 Å². The number of carbonyl (C=O) groups is 3. The van der Waals surface area contributed by atoms with E-state index < -0.39 is 0 Å². The molecule has 170 valence electrons. The topological polar surface area (TPSA) is 99.8 Å². The predicted molar refractivity (Wildman–Crippen MR) is 129 cm³/mol. The van der Waals surface area contributed by atoms with Crippen LogP contribution in [0.2, 0.25) is 0 Å². The fourth-order valence-corrected chi connectivity index (χ4v) is 3.15. The van der Waals surface area contributed by atoms with Crippen LogP contribution in [0.3, 0.4) is 0 Å². The molecule has 0 aromatic heterocycles. The Morgan fingerprint density at radius 2 is 1.39 bits per heavy atom. The second kappa shape index (κ2) is 11.4. The van der Waals surface area contributed by atoms with Gasteiger partial charge in [-0.1, -0.05) is 36.4 Å². The lowest BCUT2D eigenvalue weighted by atomic mass is 10.1. The van der Waals surface area contributed by atoms with E-state index in [4.69, 9.17) is 4.74 Å². The van der Waals surface area contributed by atoms with Gasteiger partial charge in [-0.15, -0.1) is 0 Å². The Morgan fingerprint density at radius 1 is 0.758 bits per heavy atom. The highest BCUT2D eigenvalue weighted by Gasteiger charge is 2.15. The van der Waals surface area contributed by atoms with Gasteiger partial charge in [0.2, 0.25) is 11.8 Å². The van der Waals surface area contributed by atoms with Crippen LogP contribution in [0.5, 0.6) is 5.75 Å². The van der Waals surface area contributed by atoms with Crippen molar-refractivity contribution in [2.75, 3.05) is 43.2 Å². The van der Waals surface area contributed by atoms with Gasteiger partial charge in [-0.2, -0.15) is 0 Å². The van der Waals surface area contributed by atoms with Crippen LogP contribution in [0, 0.1) is 0 Å². The molecule has 0 aliphatic rings. The largest absolute Gasteiger partial charge is 0.497 e. The van der Waals surface area contributed by atoms with Gasteiger partial charge in [0.15, 0.2) is 0 Å². The zero-order valence-electron chi connectivity index (χ0n) is 18.5. The number of amides is 3. The summed E-state index contributed by atoms with van der Waals surface area (Å²) in [5.41, 5.74) is 2.00. The zero-order valence-corrected chi connectivity index (χ0v) is 18.5. The third-order valence-corrected chi connectivity index (χ3v) is 4.66. The van der Waals surface area contributed by atoms with Crippen molar-refractivity contribution in [2.24, 2.45) is 0 Å². The Balaban J connectivity index is 1.54. The number of para-hydroxylation sites is 2. The molecule has 0 aliphatic heterocycles. The Hall–Kier alpha value is -4.17. The van der Waals surface area contributed by atoms with Gasteiger partial charge in [0.05, 0.1) is 31.5 Å². The second-order valence-corrected chi connectivity index (χ2v) is 7.37. The van der Waals surface area contributed by atoms with Crippen LogP contribution in [0.15, 0.2) is 78.9 Å². The molecule has 3 N–H and O–H groups in total. The lowest BCUT2D eigenvalue weighted by molar-refractivity contribution is -0.119. The van der Waals surface area contributed by atoms with E-state index in [-0.39, 0.29) is 30.8 Å². The summed E-state index contributed by atoms with van der Waals surface area (Å²) in [6.07, 6.45) is 0. The zero-order chi connectivity index (χ0) is 23.6. The highest BCUT2D eigenvalue weighted by molar-refractivity contribution is 6.10. The minimum atomic E-state index is -0.341. The van der Waals surface area contributed by atoms with Gasteiger partial charge in [0, 0.05) is 17.4 Å². The maximum atomic E-state index is 12.7. The fourth-order valence-electron chi connectivity index (χ4n) is 3.15. The summed E-state index contributed by atoms with van der Waals surface area (Å²) in [6, 6.07) is 22.9. The third kappa shape index (κ3) is 7.19. The molecule has 0 saturated carbocycles. The van der Waals surface area contributed by atoms with E-state index in [1.807, 2.05) is 18.2 Å². The number of carbonyl (C=O) groups excluding carboxylic acids is 3. The van der Waals surface area contributed by atoms with Crippen molar-refractivity contribution in [2.45, 2.75) is 0 Å². The molecule has 8 nitrogen and oxygen atoms in total. The Kier molecular flexibility index (Phi) is 8.15. The molecular formula is C25H26N4O4. The quantitative estimate of drug-likeness (QED) is 0.468. The minimum absolute atomic E-state index is 0.0147. The van der Waals surface area contributed by atoms with E-state index in [0.29, 0.717) is 28.4 Å². The molecule has 0 fully saturated rings.